The van der Waals surface area contributed by atoms with Gasteiger partial charge in [-0.25, -0.2) is 0 Å². The quantitative estimate of drug-likeness (QED) is 0.439. The largest absolute Gasteiger partial charge is 0.541 e. The molecule has 0 saturated carbocycles. The van der Waals surface area contributed by atoms with E-state index in [9.17, 15) is 9.59 Å². The molecule has 0 atom stereocenters. The second kappa shape index (κ2) is 7.83. The van der Waals surface area contributed by atoms with Crippen molar-refractivity contribution in [2.24, 2.45) is 0 Å². The predicted molar refractivity (Wildman–Crippen MR) is 55.2 cm³/mol. The molecule has 0 aliphatic heterocycles. The first-order valence-corrected chi connectivity index (χ1v) is 4.28. The van der Waals surface area contributed by atoms with E-state index >= 15 is 0 Å². The zero-order valence-corrected chi connectivity index (χ0v) is 11.1. The van der Waals surface area contributed by atoms with E-state index < -0.39 is 0 Å². The van der Waals surface area contributed by atoms with Gasteiger partial charge in [0.2, 0.25) is 0 Å². The van der Waals surface area contributed by atoms with Crippen LogP contribution in [0.15, 0.2) is 24.3 Å². The molecule has 0 bridgehead atoms. The van der Waals surface area contributed by atoms with E-state index in [1.54, 1.807) is 18.4 Å². The Morgan fingerprint density at radius 3 is 2.47 bits per heavy atom. The fourth-order valence-electron chi connectivity index (χ4n) is 1.03. The monoisotopic (exact) mass is 273 g/mol. The molecule has 1 rings (SSSR count). The maximum Gasteiger partial charge on any atom is 0.113 e. The van der Waals surface area contributed by atoms with E-state index in [0.29, 0.717) is 11.9 Å². The Morgan fingerprint density at radius 2 is 1.93 bits per heavy atom. The molecule has 73 valence electrons. The van der Waals surface area contributed by atoms with Crippen molar-refractivity contribution >= 4 is 25.4 Å². The maximum atomic E-state index is 10.9. The molecule has 0 unspecified atom stereocenters. The van der Waals surface area contributed by atoms with E-state index in [4.69, 9.17) is 7.85 Å². The summed E-state index contributed by atoms with van der Waals surface area (Å²) in [5, 5.41) is 0. The van der Waals surface area contributed by atoms with E-state index in [1.165, 1.54) is 6.42 Å². The second-order valence-corrected chi connectivity index (χ2v) is 2.94. The molecular weight excluding hydrogens is 264 g/mol. The van der Waals surface area contributed by atoms with Gasteiger partial charge in [0, 0.05) is 32.7 Å². The fourth-order valence-corrected chi connectivity index (χ4v) is 1.03. The number of ketones is 1. The zero-order valence-electron chi connectivity index (χ0n) is 8.27. The summed E-state index contributed by atoms with van der Waals surface area (Å²) in [5.74, 6) is -0.197. The molecule has 0 fully saturated rings. The Hall–Kier alpha value is -0.401. The van der Waals surface area contributed by atoms with Gasteiger partial charge in [-0.15, -0.1) is 12.8 Å². The Kier molecular flexibility index (Phi) is 7.62. The van der Waals surface area contributed by atoms with Gasteiger partial charge in [0.1, 0.15) is 7.85 Å². The summed E-state index contributed by atoms with van der Waals surface area (Å²) in [4.78, 5) is 20.8. The topological polar surface area (TPSA) is 34.1 Å². The second-order valence-electron chi connectivity index (χ2n) is 2.94. The molecule has 0 aliphatic carbocycles. The van der Waals surface area contributed by atoms with Crippen LogP contribution in [-0.4, -0.2) is 19.9 Å². The summed E-state index contributed by atoms with van der Waals surface area (Å²) < 4.78 is 0. The molecule has 0 aromatic heterocycles. The van der Waals surface area contributed by atoms with E-state index in [1.807, 2.05) is 12.1 Å². The zero-order chi connectivity index (χ0) is 10.4. The van der Waals surface area contributed by atoms with Crippen LogP contribution < -0.4 is 5.46 Å². The van der Waals surface area contributed by atoms with Crippen LogP contribution in [0.5, 0.6) is 0 Å². The Bertz CT molecular complexity index is 322. The first-order chi connectivity index (χ1) is 6.72. The third-order valence-corrected chi connectivity index (χ3v) is 1.79. The number of hydrogen-bond donors (Lipinski definition) is 0. The molecule has 0 heterocycles. The van der Waals surface area contributed by atoms with E-state index in [2.05, 4.69) is 0 Å². The van der Waals surface area contributed by atoms with Crippen LogP contribution in [0, 0.1) is 6.42 Å². The van der Waals surface area contributed by atoms with Gasteiger partial charge in [0.15, 0.2) is 0 Å². The van der Waals surface area contributed by atoms with Gasteiger partial charge in [-0.05, 0) is 5.78 Å². The van der Waals surface area contributed by atoms with Gasteiger partial charge in [-0.3, -0.25) is 6.29 Å². The number of carbonyl (C=O) groups is 1. The van der Waals surface area contributed by atoms with Crippen molar-refractivity contribution in [3.05, 3.63) is 36.2 Å². The number of rotatable bonds is 5. The molecule has 0 N–H and O–H groups in total. The molecule has 0 amide bonds. The van der Waals surface area contributed by atoms with Crippen LogP contribution in [0.3, 0.4) is 0 Å². The van der Waals surface area contributed by atoms with Crippen molar-refractivity contribution < 1.29 is 42.3 Å². The molecule has 15 heavy (non-hydrogen) atoms. The van der Waals surface area contributed by atoms with E-state index in [-0.39, 0.29) is 44.9 Å². The molecule has 3 radical (unpaired) electrons. The summed E-state index contributed by atoms with van der Waals surface area (Å²) in [5.41, 5.74) is 1.69. The summed E-state index contributed by atoms with van der Waals surface area (Å²) in [6, 6.07) is 7.26. The van der Waals surface area contributed by atoms with Crippen LogP contribution in [0.2, 0.25) is 0 Å². The van der Waals surface area contributed by atoms with Gasteiger partial charge >= 0.3 is 0 Å². The molecule has 1 aromatic carbocycles. The maximum absolute atomic E-state index is 10.9. The minimum atomic E-state index is -0.197. The number of benzene rings is 1. The standard InChI is InChI=1S/C11H9BO2.Y/c12-10-4-1-9(2-5-10)3-6-11(14)7-8-13;/h1-2,4-6H,3,7H2;/q-2;. The van der Waals surface area contributed by atoms with Crippen LogP contribution in [0.4, 0.5) is 0 Å². The van der Waals surface area contributed by atoms with Gasteiger partial charge in [0.05, 0.1) is 0 Å². The molecule has 4 heteroatoms. The van der Waals surface area contributed by atoms with Crippen molar-refractivity contribution in [3.63, 3.8) is 0 Å². The minimum Gasteiger partial charge on any atom is -0.541 e. The summed E-state index contributed by atoms with van der Waals surface area (Å²) in [7, 11) is 5.50. The van der Waals surface area contributed by atoms with E-state index in [0.717, 1.165) is 5.56 Å². The first-order valence-electron chi connectivity index (χ1n) is 4.28. The van der Waals surface area contributed by atoms with Crippen molar-refractivity contribution in [2.45, 2.75) is 12.8 Å². The number of carbonyl (C=O) groups excluding carboxylic acids is 2. The Morgan fingerprint density at radius 1 is 1.33 bits per heavy atom. The van der Waals surface area contributed by atoms with Crippen molar-refractivity contribution in [1.29, 1.82) is 0 Å². The predicted octanol–water partition coefficient (Wildman–Crippen LogP) is 0.294. The first kappa shape index (κ1) is 14.6. The van der Waals surface area contributed by atoms with Crippen molar-refractivity contribution in [2.75, 3.05) is 0 Å². The molecule has 0 spiro atoms. The van der Waals surface area contributed by atoms with Crippen LogP contribution in [0.25, 0.3) is 0 Å². The van der Waals surface area contributed by atoms with Crippen molar-refractivity contribution in [3.8, 4) is 0 Å². The third kappa shape index (κ3) is 5.91. The Labute approximate surface area is 116 Å². The molecule has 2 nitrogen and oxygen atoms in total. The van der Waals surface area contributed by atoms with Crippen LogP contribution >= 0.6 is 0 Å². The molecular formula is C11H9BO2Y-2. The van der Waals surface area contributed by atoms with Crippen molar-refractivity contribution in [1.82, 2.24) is 0 Å². The van der Waals surface area contributed by atoms with Gasteiger partial charge in [-0.2, -0.15) is 0 Å². The van der Waals surface area contributed by atoms with Gasteiger partial charge in [0.25, 0.3) is 0 Å². The summed E-state index contributed by atoms with van der Waals surface area (Å²) in [6.45, 7) is 0. The normalized spacial score (nSPS) is 8.80. The van der Waals surface area contributed by atoms with Gasteiger partial charge in [-0.1, -0.05) is 35.3 Å². The summed E-state index contributed by atoms with van der Waals surface area (Å²) >= 11 is 0. The summed E-state index contributed by atoms with van der Waals surface area (Å²) in [6.07, 6.45) is 3.42. The molecule has 1 aromatic rings. The van der Waals surface area contributed by atoms with Crippen LogP contribution in [0.1, 0.15) is 12.0 Å². The number of Topliss-reactive ketones (excluding diaryl/α,β-unsaturated/α-hetero) is 1. The average Bonchev–Trinajstić information content (AvgIpc) is 2.17. The number of hydrogen-bond acceptors (Lipinski definition) is 2. The molecule has 0 saturated heterocycles. The average molecular weight is 273 g/mol. The molecule has 0 aliphatic rings. The Balaban J connectivity index is 0.00000196. The minimum absolute atomic E-state index is 0. The third-order valence-electron chi connectivity index (χ3n) is 1.79. The SMILES string of the molecule is [B]c1ccc(C[CH-]C(=O)C[C-]=O)cc1.[Y]. The van der Waals surface area contributed by atoms with Gasteiger partial charge < -0.3 is 16.0 Å². The van der Waals surface area contributed by atoms with Crippen LogP contribution in [-0.2, 0) is 48.7 Å². The smallest absolute Gasteiger partial charge is 0.113 e. The fraction of sp³-hybridized carbons (Fsp3) is 0.182.